The van der Waals surface area contributed by atoms with Crippen LogP contribution in [0, 0.1) is 0 Å². The standard InChI is InChI=1S/C15H21NO3/c1-3-4-10-13(17)19-15(2,14(16)18)11-12-8-6-5-7-9-12/h5-9H,3-4,10-11H2,1-2H3,(H2,16,18). The molecule has 2 N–H and O–H groups in total. The number of hydrogen-bond acceptors (Lipinski definition) is 3. The van der Waals surface area contributed by atoms with Crippen molar-refractivity contribution < 1.29 is 14.3 Å². The Kier molecular flexibility index (Phi) is 5.55. The fourth-order valence-electron chi connectivity index (χ4n) is 1.78. The molecule has 1 rings (SSSR count). The van der Waals surface area contributed by atoms with Crippen molar-refractivity contribution in [3.63, 3.8) is 0 Å². The number of amides is 1. The topological polar surface area (TPSA) is 69.4 Å². The van der Waals surface area contributed by atoms with Gasteiger partial charge in [-0.05, 0) is 18.9 Å². The zero-order valence-corrected chi connectivity index (χ0v) is 11.5. The van der Waals surface area contributed by atoms with Gasteiger partial charge in [0.2, 0.25) is 0 Å². The zero-order valence-electron chi connectivity index (χ0n) is 11.5. The van der Waals surface area contributed by atoms with E-state index in [0.29, 0.717) is 12.8 Å². The molecule has 0 aliphatic heterocycles. The molecule has 1 amide bonds. The molecule has 0 saturated carbocycles. The van der Waals surface area contributed by atoms with Gasteiger partial charge in [0.15, 0.2) is 5.60 Å². The number of hydrogen-bond donors (Lipinski definition) is 1. The van der Waals surface area contributed by atoms with Crippen LogP contribution < -0.4 is 5.73 Å². The second kappa shape index (κ2) is 6.92. The first-order valence-electron chi connectivity index (χ1n) is 6.53. The average Bonchev–Trinajstić information content (AvgIpc) is 2.37. The number of nitrogens with two attached hydrogens (primary N) is 1. The Labute approximate surface area is 113 Å². The van der Waals surface area contributed by atoms with Crippen molar-refractivity contribution in [1.29, 1.82) is 0 Å². The maximum absolute atomic E-state index is 11.7. The second-order valence-electron chi connectivity index (χ2n) is 4.84. The van der Waals surface area contributed by atoms with Gasteiger partial charge in [-0.1, -0.05) is 43.7 Å². The van der Waals surface area contributed by atoms with Crippen LogP contribution in [0.15, 0.2) is 30.3 Å². The van der Waals surface area contributed by atoms with Crippen LogP contribution in [-0.2, 0) is 20.7 Å². The molecule has 0 radical (unpaired) electrons. The van der Waals surface area contributed by atoms with Gasteiger partial charge < -0.3 is 10.5 Å². The number of unbranched alkanes of at least 4 members (excludes halogenated alkanes) is 1. The zero-order chi connectivity index (χ0) is 14.3. The molecule has 0 bridgehead atoms. The van der Waals surface area contributed by atoms with E-state index < -0.39 is 11.5 Å². The molecule has 0 saturated heterocycles. The Morgan fingerprint density at radius 3 is 2.42 bits per heavy atom. The summed E-state index contributed by atoms with van der Waals surface area (Å²) < 4.78 is 5.29. The molecule has 0 spiro atoms. The summed E-state index contributed by atoms with van der Waals surface area (Å²) in [6, 6.07) is 9.38. The highest BCUT2D eigenvalue weighted by atomic mass is 16.6. The Morgan fingerprint density at radius 2 is 1.89 bits per heavy atom. The van der Waals surface area contributed by atoms with E-state index in [1.807, 2.05) is 37.3 Å². The molecule has 0 heterocycles. The van der Waals surface area contributed by atoms with Crippen LogP contribution in [0.4, 0.5) is 0 Å². The lowest BCUT2D eigenvalue weighted by molar-refractivity contribution is -0.165. The summed E-state index contributed by atoms with van der Waals surface area (Å²) in [5, 5.41) is 0. The molecule has 4 heteroatoms. The van der Waals surface area contributed by atoms with Gasteiger partial charge in [0, 0.05) is 12.8 Å². The molecular formula is C15H21NO3. The fourth-order valence-corrected chi connectivity index (χ4v) is 1.78. The molecule has 1 aromatic rings. The minimum absolute atomic E-state index is 0.293. The van der Waals surface area contributed by atoms with Crippen LogP contribution in [0.5, 0.6) is 0 Å². The molecule has 104 valence electrons. The van der Waals surface area contributed by atoms with E-state index in [9.17, 15) is 9.59 Å². The van der Waals surface area contributed by atoms with Gasteiger partial charge in [-0.15, -0.1) is 0 Å². The minimum atomic E-state index is -1.29. The van der Waals surface area contributed by atoms with E-state index in [0.717, 1.165) is 18.4 Å². The average molecular weight is 263 g/mol. The number of primary amides is 1. The fraction of sp³-hybridized carbons (Fsp3) is 0.467. The van der Waals surface area contributed by atoms with Gasteiger partial charge in [0.05, 0.1) is 0 Å². The predicted octanol–water partition coefficient (Wildman–Crippen LogP) is 2.21. The molecule has 0 fully saturated rings. The number of esters is 1. The third kappa shape index (κ3) is 4.73. The molecule has 0 aliphatic carbocycles. The number of benzene rings is 1. The van der Waals surface area contributed by atoms with Crippen LogP contribution in [0.25, 0.3) is 0 Å². The van der Waals surface area contributed by atoms with Crippen LogP contribution in [0.3, 0.4) is 0 Å². The summed E-state index contributed by atoms with van der Waals surface area (Å²) in [5.74, 6) is -1.000. The van der Waals surface area contributed by atoms with Gasteiger partial charge >= 0.3 is 5.97 Å². The summed E-state index contributed by atoms with van der Waals surface area (Å²) in [4.78, 5) is 23.3. The molecule has 1 aromatic carbocycles. The van der Waals surface area contributed by atoms with Gasteiger partial charge in [0.1, 0.15) is 0 Å². The number of carbonyl (C=O) groups is 2. The first-order valence-corrected chi connectivity index (χ1v) is 6.53. The van der Waals surface area contributed by atoms with Gasteiger partial charge in [-0.25, -0.2) is 0 Å². The van der Waals surface area contributed by atoms with Crippen molar-refractivity contribution in [1.82, 2.24) is 0 Å². The summed E-state index contributed by atoms with van der Waals surface area (Å²) in [6.45, 7) is 3.55. The largest absolute Gasteiger partial charge is 0.449 e. The highest BCUT2D eigenvalue weighted by Gasteiger charge is 2.35. The molecular weight excluding hydrogens is 242 g/mol. The third-order valence-electron chi connectivity index (χ3n) is 2.98. The summed E-state index contributed by atoms with van der Waals surface area (Å²) in [7, 11) is 0. The van der Waals surface area contributed by atoms with E-state index in [1.165, 1.54) is 0 Å². The van der Waals surface area contributed by atoms with Crippen LogP contribution in [-0.4, -0.2) is 17.5 Å². The maximum atomic E-state index is 11.7. The van der Waals surface area contributed by atoms with Crippen molar-refractivity contribution in [2.24, 2.45) is 5.73 Å². The van der Waals surface area contributed by atoms with E-state index in [-0.39, 0.29) is 5.97 Å². The molecule has 1 unspecified atom stereocenters. The van der Waals surface area contributed by atoms with Crippen molar-refractivity contribution in [3.8, 4) is 0 Å². The Morgan fingerprint density at radius 1 is 1.26 bits per heavy atom. The van der Waals surface area contributed by atoms with Crippen LogP contribution >= 0.6 is 0 Å². The van der Waals surface area contributed by atoms with Gasteiger partial charge in [-0.3, -0.25) is 9.59 Å². The molecule has 19 heavy (non-hydrogen) atoms. The number of carbonyl (C=O) groups excluding carboxylic acids is 2. The van der Waals surface area contributed by atoms with E-state index in [4.69, 9.17) is 10.5 Å². The van der Waals surface area contributed by atoms with E-state index in [1.54, 1.807) is 6.92 Å². The highest BCUT2D eigenvalue weighted by molar-refractivity contribution is 5.86. The monoisotopic (exact) mass is 263 g/mol. The predicted molar refractivity (Wildman–Crippen MR) is 73.4 cm³/mol. The summed E-state index contributed by atoms with van der Waals surface area (Å²) in [6.07, 6.45) is 2.26. The minimum Gasteiger partial charge on any atom is -0.449 e. The lowest BCUT2D eigenvalue weighted by atomic mass is 9.95. The van der Waals surface area contributed by atoms with Gasteiger partial charge in [0.25, 0.3) is 5.91 Å². The SMILES string of the molecule is CCCCC(=O)OC(C)(Cc1ccccc1)C(N)=O. The Bertz CT molecular complexity index is 430. The Balaban J connectivity index is 2.74. The molecule has 4 nitrogen and oxygen atoms in total. The normalized spacial score (nSPS) is 13.6. The van der Waals surface area contributed by atoms with E-state index >= 15 is 0 Å². The van der Waals surface area contributed by atoms with Crippen LogP contribution in [0.1, 0.15) is 38.7 Å². The molecule has 0 aliphatic rings. The lowest BCUT2D eigenvalue weighted by Crippen LogP contribution is -2.46. The molecule has 1 atom stereocenters. The number of ether oxygens (including phenoxy) is 1. The Hall–Kier alpha value is -1.84. The first kappa shape index (κ1) is 15.2. The summed E-state index contributed by atoms with van der Waals surface area (Å²) in [5.41, 5.74) is 5.00. The quantitative estimate of drug-likeness (QED) is 0.767. The van der Waals surface area contributed by atoms with Crippen molar-refractivity contribution in [2.75, 3.05) is 0 Å². The third-order valence-corrected chi connectivity index (χ3v) is 2.98. The smallest absolute Gasteiger partial charge is 0.306 e. The van der Waals surface area contributed by atoms with Crippen molar-refractivity contribution in [3.05, 3.63) is 35.9 Å². The maximum Gasteiger partial charge on any atom is 0.306 e. The van der Waals surface area contributed by atoms with Crippen LogP contribution in [0.2, 0.25) is 0 Å². The lowest BCUT2D eigenvalue weighted by Gasteiger charge is -2.26. The first-order chi connectivity index (χ1) is 8.98. The number of rotatable bonds is 7. The van der Waals surface area contributed by atoms with E-state index in [2.05, 4.69) is 0 Å². The summed E-state index contributed by atoms with van der Waals surface area (Å²) >= 11 is 0. The highest BCUT2D eigenvalue weighted by Crippen LogP contribution is 2.19. The second-order valence-corrected chi connectivity index (χ2v) is 4.84. The van der Waals surface area contributed by atoms with Crippen molar-refractivity contribution >= 4 is 11.9 Å². The molecule has 0 aromatic heterocycles. The van der Waals surface area contributed by atoms with Crippen molar-refractivity contribution in [2.45, 2.75) is 45.1 Å². The van der Waals surface area contributed by atoms with Gasteiger partial charge in [-0.2, -0.15) is 0 Å².